The second kappa shape index (κ2) is 42.4. The third-order valence-corrected chi connectivity index (χ3v) is 28.8. The molecule has 4 saturated heterocycles. The van der Waals surface area contributed by atoms with Crippen LogP contribution in [0.5, 0.6) is 34.5 Å². The Hall–Kier alpha value is -15.7. The highest BCUT2D eigenvalue weighted by molar-refractivity contribution is 7.18. The predicted molar refractivity (Wildman–Crippen MR) is 555 cm³/mol. The second-order valence-corrected chi connectivity index (χ2v) is 39.5. The lowest BCUT2D eigenvalue weighted by Crippen LogP contribution is -2.25. The number of carbonyl (C=O) groups is 5. The lowest BCUT2D eigenvalue weighted by Gasteiger charge is -2.21. The fourth-order valence-electron chi connectivity index (χ4n) is 18.2. The number of rotatable bonds is 23. The molecule has 145 heavy (non-hydrogen) atoms. The summed E-state index contributed by atoms with van der Waals surface area (Å²) in [6.07, 6.45) is 12.8. The number of primary amides is 1. The van der Waals surface area contributed by atoms with Gasteiger partial charge >= 0.3 is 6.30 Å². The molecule has 34 heteroatoms. The molecule has 5 aliphatic rings. The van der Waals surface area contributed by atoms with Crippen molar-refractivity contribution in [1.29, 1.82) is 0 Å². The van der Waals surface area contributed by atoms with Crippen molar-refractivity contribution < 1.29 is 65.6 Å². The van der Waals surface area contributed by atoms with Crippen molar-refractivity contribution in [3.8, 4) is 90.3 Å². The van der Waals surface area contributed by atoms with Gasteiger partial charge in [-0.3, -0.25) is 58.9 Å². The van der Waals surface area contributed by atoms with E-state index in [1.807, 2.05) is 163 Å². The Balaban J connectivity index is 0.000000115. The van der Waals surface area contributed by atoms with Gasteiger partial charge in [-0.05, 0) is 275 Å². The average molecular weight is 2010 g/mol. The van der Waals surface area contributed by atoms with Crippen LogP contribution in [0.2, 0.25) is 5.02 Å². The molecule has 0 radical (unpaired) electrons. The van der Waals surface area contributed by atoms with Gasteiger partial charge in [0.15, 0.2) is 0 Å². The van der Waals surface area contributed by atoms with Crippen LogP contribution < -0.4 is 61.2 Å². The zero-order valence-corrected chi connectivity index (χ0v) is 82.4. The molecule has 8 atom stereocenters. The van der Waals surface area contributed by atoms with E-state index >= 15 is 0 Å². The topological polar surface area (TPSA) is 375 Å². The molecule has 736 valence electrons. The molecular formula is C111H101ClF3N17O11S2. The Morgan fingerprint density at radius 2 is 0.821 bits per heavy atom. The Labute approximate surface area is 844 Å². The normalized spacial score (nSPS) is 17.0. The van der Waals surface area contributed by atoms with Crippen molar-refractivity contribution in [2.24, 2.45) is 35.1 Å². The highest BCUT2D eigenvalue weighted by Crippen LogP contribution is 2.48. The number of halogens is 4. The Morgan fingerprint density at radius 1 is 0.448 bits per heavy atom. The zero-order valence-electron chi connectivity index (χ0n) is 80.0. The lowest BCUT2D eigenvalue weighted by molar-refractivity contribution is -0.212. The number of amides is 5. The Bertz CT molecular complexity index is 7970. The summed E-state index contributed by atoms with van der Waals surface area (Å²) in [7, 11) is 1.62. The fraction of sp³-hybridized carbons (Fsp3) is 0.252. The van der Waals surface area contributed by atoms with E-state index in [9.17, 15) is 37.1 Å². The molecule has 1 aliphatic carbocycles. The molecule has 18 aromatic rings. The molecule has 10 aromatic heterocycles. The van der Waals surface area contributed by atoms with Crippen LogP contribution in [0.1, 0.15) is 97.9 Å². The number of hydrogen-bond acceptors (Lipinski definition) is 24. The van der Waals surface area contributed by atoms with E-state index in [1.54, 1.807) is 103 Å². The molecule has 5 amide bonds. The minimum absolute atomic E-state index is 0.0136. The van der Waals surface area contributed by atoms with Crippen LogP contribution in [0.3, 0.4) is 0 Å². The van der Waals surface area contributed by atoms with Crippen molar-refractivity contribution in [1.82, 2.24) is 75.9 Å². The monoisotopic (exact) mass is 2000 g/mol. The van der Waals surface area contributed by atoms with E-state index < -0.39 is 12.2 Å². The molecule has 0 unspecified atom stereocenters. The number of nitrogens with zero attached hydrogens (tertiary/aromatic N) is 11. The standard InChI is InChI=1S/C24H24ClN3O2.C24H18N4O2S.C23H21N3O2S.C21H21N3O3.C19H17F3N4O2/c1-14(17-12-23(29)28-13-17)30-22-11-16(10-21-18(22)3-2-8-27-21)15-4-5-19(20(25)9-15)24(26)6-7-24;1-14-28-19-7-6-15(12-23(19)31-14)16-10-20-17(4-2-8-26-20)22(11-16)30-13-21-18(24(25)29)5-3-9-27-21;1-13(17-11-23(27)25-12-17)28-21-9-16(8-20-18(21)4-3-7-24-20)15-5-6-19-22(10-15)29-14(2)26-19;1-13(15-10-21(25)24-11-15)27-20-9-14(8-19-17(20)4-3-7-22-19)18-6-5-16(26-2)12-23-18;1-11(13-7-18(27)24-8-13)28-17-6-12(5-16-15(17)3-2-4-23-16)14-9-25-26(10-14)19(20,21)22/h2-5,8-11,14,17H,6-7,12-13,26H2,1H3,(H,28,29);2-12H,13H2,1H3,(H2,25,29);3-10,13,17H,11-12H2,1-2H3,(H,25,27);3-9,12-13,15H,10-11H2,1-2H3,(H,24,25);2-6,9-11,13H,7-8H2,1H3,(H,24,27)/t14-,17-;;13-,17-;13-,15-;11-,13-/m1.111/s1. The van der Waals surface area contributed by atoms with Crippen molar-refractivity contribution in [3.05, 3.63) is 288 Å². The van der Waals surface area contributed by atoms with Crippen LogP contribution >= 0.6 is 34.3 Å². The number of aromatic nitrogens is 11. The van der Waals surface area contributed by atoms with Crippen molar-refractivity contribution in [2.75, 3.05) is 33.3 Å². The van der Waals surface area contributed by atoms with Gasteiger partial charge in [0.2, 0.25) is 23.6 Å². The Kier molecular flexibility index (Phi) is 28.7. The maximum absolute atomic E-state index is 12.9. The maximum Gasteiger partial charge on any atom is 0.504 e. The molecule has 0 bridgehead atoms. The molecule has 8 N–H and O–H groups in total. The molecule has 8 aromatic carbocycles. The van der Waals surface area contributed by atoms with Gasteiger partial charge in [-0.15, -0.1) is 35.8 Å². The summed E-state index contributed by atoms with van der Waals surface area (Å²) in [6, 6.07) is 64.6. The molecule has 5 fully saturated rings. The SMILES string of the molecule is COc1ccc(-c2cc(O[C@H](C)[C@H]3CNC(=O)C3)c3cccnc3c2)nc1.C[C@@H](Oc1cc(-c2ccc(C3(N)CC3)c(Cl)c2)cc2ncccc12)[C@H]1CNC(=O)C1.C[C@@H](Oc1cc(-c2cnn(C(F)(F)F)c2)cc2ncccc12)[C@H]1CNC(=O)C1.Cc1nc2ccc(-c3cc(OCc4ncccc4C(N)=O)c4cccnc4c3)cc2s1.Cc1nc2ccc(-c3cc(O[C@H](C)[C@H]4CNC(=O)C4)c4cccnc4c3)cc2s1. The summed E-state index contributed by atoms with van der Waals surface area (Å²) >= 11 is 9.95. The van der Waals surface area contributed by atoms with Gasteiger partial charge in [0.1, 0.15) is 65.5 Å². The summed E-state index contributed by atoms with van der Waals surface area (Å²) in [6.45, 7) is 14.6. The third-order valence-electron chi connectivity index (χ3n) is 26.6. The first-order valence-electron chi connectivity index (χ1n) is 47.5. The maximum atomic E-state index is 12.9. The smallest absolute Gasteiger partial charge is 0.495 e. The van der Waals surface area contributed by atoms with E-state index in [-0.39, 0.29) is 88.5 Å². The van der Waals surface area contributed by atoms with E-state index in [2.05, 4.69) is 120 Å². The highest BCUT2D eigenvalue weighted by Gasteiger charge is 2.42. The van der Waals surface area contributed by atoms with Gasteiger partial charge in [-0.25, -0.2) is 9.97 Å². The fourth-order valence-corrected chi connectivity index (χ4v) is 20.3. The molecule has 23 rings (SSSR count). The quantitative estimate of drug-likeness (QED) is 0.0346. The van der Waals surface area contributed by atoms with E-state index in [4.69, 9.17) is 51.5 Å². The predicted octanol–water partition coefficient (Wildman–Crippen LogP) is 20.7. The molecule has 14 heterocycles. The van der Waals surface area contributed by atoms with Crippen LogP contribution in [-0.4, -0.2) is 142 Å². The molecule has 1 saturated carbocycles. The molecule has 28 nitrogen and oxygen atoms in total. The number of carbonyl (C=O) groups excluding carboxylic acids is 5. The summed E-state index contributed by atoms with van der Waals surface area (Å²) in [5, 5.41) is 22.1. The number of hydrogen-bond donors (Lipinski definition) is 6. The number of nitrogens with one attached hydrogen (secondary N) is 4. The number of thiazole rings is 2. The summed E-state index contributed by atoms with van der Waals surface area (Å²) in [5.74, 6) is 4.43. The number of methoxy groups -OCH3 is 1. The van der Waals surface area contributed by atoms with Gasteiger partial charge in [0, 0.05) is 168 Å². The van der Waals surface area contributed by atoms with Crippen LogP contribution in [0, 0.1) is 37.5 Å². The van der Waals surface area contributed by atoms with Gasteiger partial charge in [-0.1, -0.05) is 35.9 Å². The van der Waals surface area contributed by atoms with E-state index in [0.717, 1.165) is 167 Å². The summed E-state index contributed by atoms with van der Waals surface area (Å²) in [5.41, 5.74) is 28.2. The lowest BCUT2D eigenvalue weighted by atomic mass is 9.98. The van der Waals surface area contributed by atoms with Gasteiger partial charge in [0.25, 0.3) is 5.91 Å². The minimum Gasteiger partial charge on any atom is -0.495 e. The third kappa shape index (κ3) is 22.7. The van der Waals surface area contributed by atoms with Crippen molar-refractivity contribution in [2.45, 2.75) is 123 Å². The number of alkyl halides is 3. The molecule has 0 spiro atoms. The van der Waals surface area contributed by atoms with Gasteiger partial charge in [-0.2, -0.15) is 9.78 Å². The number of fused-ring (bicyclic) bond motifs is 7. The number of pyridine rings is 7. The van der Waals surface area contributed by atoms with Crippen LogP contribution in [0.15, 0.2) is 256 Å². The van der Waals surface area contributed by atoms with E-state index in [1.165, 1.54) is 4.70 Å². The molecular weight excluding hydrogens is 1900 g/mol. The van der Waals surface area contributed by atoms with Crippen molar-refractivity contribution >= 4 is 139 Å². The zero-order chi connectivity index (χ0) is 101. The summed E-state index contributed by atoms with van der Waals surface area (Å²) in [4.78, 5) is 98.1. The number of nitrogens with two attached hydrogens (primary N) is 2. The Morgan fingerprint density at radius 3 is 1.19 bits per heavy atom. The van der Waals surface area contributed by atoms with Crippen LogP contribution in [-0.2, 0) is 37.6 Å². The number of benzene rings is 8. The van der Waals surface area contributed by atoms with E-state index in [0.29, 0.717) is 102 Å². The second-order valence-electron chi connectivity index (χ2n) is 36.6. The minimum atomic E-state index is -4.58. The average Bonchev–Trinajstić information content (AvgIpc) is 1.61. The number of aryl methyl sites for hydroxylation is 2. The van der Waals surface area contributed by atoms with Gasteiger partial charge in [0.05, 0.1) is 94.5 Å². The highest BCUT2D eigenvalue weighted by atomic mass is 35.5. The van der Waals surface area contributed by atoms with Crippen LogP contribution in [0.25, 0.3) is 131 Å². The molecule has 4 aliphatic heterocycles. The largest absolute Gasteiger partial charge is 0.504 e. The first-order chi connectivity index (χ1) is 70.0. The van der Waals surface area contributed by atoms with Gasteiger partial charge < -0.3 is 61.2 Å². The first kappa shape index (κ1) is 98.1. The van der Waals surface area contributed by atoms with Crippen LogP contribution in [0.4, 0.5) is 13.2 Å². The number of ether oxygens (including phenoxy) is 6. The summed E-state index contributed by atoms with van der Waals surface area (Å²) < 4.78 is 77.3. The first-order valence-corrected chi connectivity index (χ1v) is 49.5. The van der Waals surface area contributed by atoms with Crippen molar-refractivity contribution in [3.63, 3.8) is 0 Å².